The van der Waals surface area contributed by atoms with Crippen molar-refractivity contribution in [3.8, 4) is 0 Å². The van der Waals surface area contributed by atoms with Crippen molar-refractivity contribution < 1.29 is 22.7 Å². The van der Waals surface area contributed by atoms with E-state index >= 15 is 0 Å². The van der Waals surface area contributed by atoms with Gasteiger partial charge in [0.1, 0.15) is 5.82 Å². The smallest absolute Gasteiger partial charge is 0.311 e. The summed E-state index contributed by atoms with van der Waals surface area (Å²) in [6.07, 6.45) is -2.45. The molecule has 1 heterocycles. The van der Waals surface area contributed by atoms with Crippen molar-refractivity contribution >= 4 is 5.97 Å². The molecule has 17 heavy (non-hydrogen) atoms. The van der Waals surface area contributed by atoms with Gasteiger partial charge >= 0.3 is 5.97 Å². The Kier molecular flexibility index (Phi) is 4.45. The summed E-state index contributed by atoms with van der Waals surface area (Å²) in [6, 6.07) is 0. The number of nitrogens with zero attached hydrogens (tertiary/aromatic N) is 1. The second kappa shape index (κ2) is 5.62. The largest absolute Gasteiger partial charge is 0.469 e. The third-order valence-corrected chi connectivity index (χ3v) is 2.20. The normalized spacial score (nSPS) is 10.7. The Bertz CT molecular complexity index is 424. The van der Waals surface area contributed by atoms with Gasteiger partial charge in [-0.05, 0) is 0 Å². The Labute approximate surface area is 95.6 Å². The molecule has 4 nitrogen and oxygen atoms in total. The number of carbonyl (C=O) groups is 1. The molecule has 0 aromatic carbocycles. The standard InChI is InChI=1S/C10H11F3N2O2/c1-17-8(16)2-7-9(11)5(3-14)6(4-15-7)10(12)13/h4,10H,2-3,14H2,1H3. The third-order valence-electron chi connectivity index (χ3n) is 2.20. The van der Waals surface area contributed by atoms with E-state index in [9.17, 15) is 18.0 Å². The van der Waals surface area contributed by atoms with E-state index in [1.807, 2.05) is 0 Å². The molecular formula is C10H11F3N2O2. The van der Waals surface area contributed by atoms with Crippen LogP contribution in [0.2, 0.25) is 0 Å². The van der Waals surface area contributed by atoms with Crippen LogP contribution < -0.4 is 5.73 Å². The molecule has 1 rings (SSSR count). The molecule has 0 amide bonds. The fourth-order valence-electron chi connectivity index (χ4n) is 1.31. The number of methoxy groups -OCH3 is 1. The van der Waals surface area contributed by atoms with Crippen LogP contribution in [-0.2, 0) is 22.5 Å². The first-order chi connectivity index (χ1) is 8.01. The average molecular weight is 248 g/mol. The molecule has 7 heteroatoms. The zero-order valence-electron chi connectivity index (χ0n) is 9.04. The molecule has 0 aliphatic heterocycles. The number of hydrogen-bond acceptors (Lipinski definition) is 4. The Hall–Kier alpha value is -1.63. The van der Waals surface area contributed by atoms with Crippen molar-refractivity contribution in [3.05, 3.63) is 28.8 Å². The maximum Gasteiger partial charge on any atom is 0.311 e. The van der Waals surface area contributed by atoms with Crippen LogP contribution in [0.1, 0.15) is 23.2 Å². The highest BCUT2D eigenvalue weighted by atomic mass is 19.3. The molecule has 0 bridgehead atoms. The van der Waals surface area contributed by atoms with Crippen LogP contribution in [0.5, 0.6) is 0 Å². The van der Waals surface area contributed by atoms with Crippen LogP contribution >= 0.6 is 0 Å². The van der Waals surface area contributed by atoms with E-state index in [4.69, 9.17) is 5.73 Å². The maximum absolute atomic E-state index is 13.7. The predicted molar refractivity (Wildman–Crippen MR) is 52.8 cm³/mol. The summed E-state index contributed by atoms with van der Waals surface area (Å²) in [5, 5.41) is 0. The summed E-state index contributed by atoms with van der Waals surface area (Å²) in [6.45, 7) is -0.387. The van der Waals surface area contributed by atoms with Gasteiger partial charge in [-0.2, -0.15) is 0 Å². The lowest BCUT2D eigenvalue weighted by molar-refractivity contribution is -0.139. The number of nitrogens with two attached hydrogens (primary N) is 1. The molecule has 0 saturated heterocycles. The Balaban J connectivity index is 3.15. The van der Waals surface area contributed by atoms with Crippen molar-refractivity contribution in [2.45, 2.75) is 19.4 Å². The van der Waals surface area contributed by atoms with Gasteiger partial charge in [-0.3, -0.25) is 9.78 Å². The Morgan fingerprint density at radius 1 is 1.59 bits per heavy atom. The molecule has 1 aromatic heterocycles. The number of alkyl halides is 2. The summed E-state index contributed by atoms with van der Waals surface area (Å²) in [7, 11) is 1.14. The second-order valence-electron chi connectivity index (χ2n) is 3.21. The lowest BCUT2D eigenvalue weighted by Gasteiger charge is -2.10. The van der Waals surface area contributed by atoms with Gasteiger partial charge in [0, 0.05) is 23.9 Å². The zero-order valence-corrected chi connectivity index (χ0v) is 9.04. The van der Waals surface area contributed by atoms with Crippen molar-refractivity contribution in [3.63, 3.8) is 0 Å². The Morgan fingerprint density at radius 2 is 2.24 bits per heavy atom. The molecule has 0 saturated carbocycles. The van der Waals surface area contributed by atoms with Gasteiger partial charge in [0.15, 0.2) is 0 Å². The van der Waals surface area contributed by atoms with E-state index in [-0.39, 0.29) is 17.8 Å². The van der Waals surface area contributed by atoms with Crippen molar-refractivity contribution in [1.29, 1.82) is 0 Å². The van der Waals surface area contributed by atoms with Gasteiger partial charge in [-0.25, -0.2) is 13.2 Å². The molecule has 94 valence electrons. The topological polar surface area (TPSA) is 65.2 Å². The van der Waals surface area contributed by atoms with E-state index in [2.05, 4.69) is 9.72 Å². The van der Waals surface area contributed by atoms with Gasteiger partial charge in [-0.15, -0.1) is 0 Å². The van der Waals surface area contributed by atoms with Crippen LogP contribution in [0, 0.1) is 5.82 Å². The van der Waals surface area contributed by atoms with E-state index in [0.717, 1.165) is 13.3 Å². The molecule has 0 unspecified atom stereocenters. The highest BCUT2D eigenvalue weighted by Crippen LogP contribution is 2.25. The molecule has 0 spiro atoms. The number of pyridine rings is 1. The van der Waals surface area contributed by atoms with Crippen molar-refractivity contribution in [2.24, 2.45) is 5.73 Å². The number of esters is 1. The minimum Gasteiger partial charge on any atom is -0.469 e. The second-order valence-corrected chi connectivity index (χ2v) is 3.21. The van der Waals surface area contributed by atoms with Gasteiger partial charge in [0.2, 0.25) is 0 Å². The number of halogens is 3. The number of carbonyl (C=O) groups excluding carboxylic acids is 1. The molecular weight excluding hydrogens is 237 g/mol. The summed E-state index contributed by atoms with van der Waals surface area (Å²) in [4.78, 5) is 14.4. The molecule has 0 aliphatic rings. The molecule has 0 atom stereocenters. The zero-order chi connectivity index (χ0) is 13.0. The quantitative estimate of drug-likeness (QED) is 0.816. The first-order valence-electron chi connectivity index (χ1n) is 4.72. The van der Waals surface area contributed by atoms with Crippen molar-refractivity contribution in [2.75, 3.05) is 7.11 Å². The van der Waals surface area contributed by atoms with Crippen LogP contribution in [0.4, 0.5) is 13.2 Å². The molecule has 0 aliphatic carbocycles. The van der Waals surface area contributed by atoms with Crippen LogP contribution in [-0.4, -0.2) is 18.1 Å². The van der Waals surface area contributed by atoms with Crippen molar-refractivity contribution in [1.82, 2.24) is 4.98 Å². The lowest BCUT2D eigenvalue weighted by atomic mass is 10.1. The predicted octanol–water partition coefficient (Wildman–Crippen LogP) is 1.33. The molecule has 2 N–H and O–H groups in total. The lowest BCUT2D eigenvalue weighted by Crippen LogP contribution is -2.13. The van der Waals surface area contributed by atoms with Gasteiger partial charge < -0.3 is 10.5 Å². The summed E-state index contributed by atoms with van der Waals surface area (Å²) in [5.41, 5.74) is 4.07. The van der Waals surface area contributed by atoms with E-state index in [1.165, 1.54) is 0 Å². The first kappa shape index (κ1) is 13.4. The summed E-state index contributed by atoms with van der Waals surface area (Å²) in [5.74, 6) is -1.68. The number of ether oxygens (including phenoxy) is 1. The van der Waals surface area contributed by atoms with Crippen LogP contribution in [0.3, 0.4) is 0 Å². The highest BCUT2D eigenvalue weighted by molar-refractivity contribution is 5.71. The van der Waals surface area contributed by atoms with Crippen LogP contribution in [0.25, 0.3) is 0 Å². The minimum atomic E-state index is -2.86. The highest BCUT2D eigenvalue weighted by Gasteiger charge is 2.20. The number of aromatic nitrogens is 1. The molecule has 0 radical (unpaired) electrons. The van der Waals surface area contributed by atoms with Gasteiger partial charge in [0.25, 0.3) is 6.43 Å². The monoisotopic (exact) mass is 248 g/mol. The number of hydrogen-bond donors (Lipinski definition) is 1. The summed E-state index contributed by atoms with van der Waals surface area (Å²) < 4.78 is 43.0. The third kappa shape index (κ3) is 2.94. The van der Waals surface area contributed by atoms with E-state index < -0.39 is 30.2 Å². The molecule has 0 fully saturated rings. The Morgan fingerprint density at radius 3 is 2.71 bits per heavy atom. The fourth-order valence-corrected chi connectivity index (χ4v) is 1.31. The fraction of sp³-hybridized carbons (Fsp3) is 0.400. The number of rotatable bonds is 4. The van der Waals surface area contributed by atoms with E-state index in [1.54, 1.807) is 0 Å². The SMILES string of the molecule is COC(=O)Cc1ncc(C(F)F)c(CN)c1F. The molecule has 1 aromatic rings. The van der Waals surface area contributed by atoms with Crippen LogP contribution in [0.15, 0.2) is 6.20 Å². The maximum atomic E-state index is 13.7. The van der Waals surface area contributed by atoms with Gasteiger partial charge in [0.05, 0.1) is 19.2 Å². The summed E-state index contributed by atoms with van der Waals surface area (Å²) >= 11 is 0. The average Bonchev–Trinajstić information content (AvgIpc) is 2.30. The minimum absolute atomic E-state index is 0.248. The van der Waals surface area contributed by atoms with Gasteiger partial charge in [-0.1, -0.05) is 0 Å². The van der Waals surface area contributed by atoms with E-state index in [0.29, 0.717) is 0 Å². The first-order valence-corrected chi connectivity index (χ1v) is 4.72.